The molecule has 1 amide bonds. The van der Waals surface area contributed by atoms with Crippen molar-refractivity contribution in [2.75, 3.05) is 6.54 Å². The third-order valence-electron chi connectivity index (χ3n) is 4.07. The van der Waals surface area contributed by atoms with Crippen molar-refractivity contribution in [3.8, 4) is 0 Å². The van der Waals surface area contributed by atoms with Gasteiger partial charge >= 0.3 is 0 Å². The predicted octanol–water partition coefficient (Wildman–Crippen LogP) is 2.56. The maximum atomic E-state index is 12.3. The number of benzene rings is 1. The molecule has 3 unspecified atom stereocenters. The number of aryl methyl sites for hydroxylation is 1. The Bertz CT molecular complexity index is 444. The number of hydrogen-bond acceptors (Lipinski definition) is 2. The van der Waals surface area contributed by atoms with Crippen LogP contribution in [0.4, 0.5) is 0 Å². The second kappa shape index (κ2) is 6.20. The lowest BCUT2D eigenvalue weighted by molar-refractivity contribution is -0.125. The van der Waals surface area contributed by atoms with E-state index in [4.69, 9.17) is 0 Å². The van der Waals surface area contributed by atoms with Crippen LogP contribution in [0, 0.1) is 12.8 Å². The van der Waals surface area contributed by atoms with E-state index in [9.17, 15) is 4.79 Å². The largest absolute Gasteiger partial charge is 0.348 e. The summed E-state index contributed by atoms with van der Waals surface area (Å²) in [6.07, 6.45) is 2.29. The van der Waals surface area contributed by atoms with E-state index in [1.807, 2.05) is 19.1 Å². The van der Waals surface area contributed by atoms with Crippen molar-refractivity contribution < 1.29 is 4.79 Å². The number of piperidine rings is 1. The molecule has 3 nitrogen and oxygen atoms in total. The molecule has 104 valence electrons. The van der Waals surface area contributed by atoms with Crippen molar-refractivity contribution in [3.63, 3.8) is 0 Å². The Kier molecular flexibility index (Phi) is 4.59. The first-order valence-corrected chi connectivity index (χ1v) is 7.19. The van der Waals surface area contributed by atoms with Crippen LogP contribution in [0.25, 0.3) is 0 Å². The molecule has 1 heterocycles. The third-order valence-corrected chi connectivity index (χ3v) is 4.07. The fourth-order valence-corrected chi connectivity index (χ4v) is 2.85. The summed E-state index contributed by atoms with van der Waals surface area (Å²) < 4.78 is 0. The molecule has 0 bridgehead atoms. The normalized spacial score (nSPS) is 24.8. The van der Waals surface area contributed by atoms with Crippen molar-refractivity contribution in [2.45, 2.75) is 45.7 Å². The smallest absolute Gasteiger partial charge is 0.237 e. The van der Waals surface area contributed by atoms with Gasteiger partial charge in [-0.1, -0.05) is 31.2 Å². The Morgan fingerprint density at radius 3 is 2.84 bits per heavy atom. The highest BCUT2D eigenvalue weighted by molar-refractivity contribution is 5.82. The summed E-state index contributed by atoms with van der Waals surface area (Å²) in [6.45, 7) is 7.23. The van der Waals surface area contributed by atoms with E-state index >= 15 is 0 Å². The summed E-state index contributed by atoms with van der Waals surface area (Å²) in [5.41, 5.74) is 2.42. The molecule has 0 aromatic heterocycles. The molecule has 1 aromatic rings. The molecule has 1 aliphatic heterocycles. The van der Waals surface area contributed by atoms with E-state index in [1.165, 1.54) is 11.1 Å². The van der Waals surface area contributed by atoms with Crippen LogP contribution in [-0.2, 0) is 4.79 Å². The summed E-state index contributed by atoms with van der Waals surface area (Å²) in [7, 11) is 0. The number of hydrogen-bond donors (Lipinski definition) is 2. The number of carbonyl (C=O) groups is 1. The average molecular weight is 260 g/mol. The molecule has 1 aromatic carbocycles. The second-order valence-corrected chi connectivity index (χ2v) is 5.64. The van der Waals surface area contributed by atoms with Crippen molar-refractivity contribution in [3.05, 3.63) is 35.4 Å². The fourth-order valence-electron chi connectivity index (χ4n) is 2.85. The zero-order valence-electron chi connectivity index (χ0n) is 12.1. The summed E-state index contributed by atoms with van der Waals surface area (Å²) in [4.78, 5) is 12.3. The second-order valence-electron chi connectivity index (χ2n) is 5.64. The van der Waals surface area contributed by atoms with Crippen molar-refractivity contribution in [1.82, 2.24) is 10.6 Å². The topological polar surface area (TPSA) is 41.1 Å². The molecule has 2 rings (SSSR count). The van der Waals surface area contributed by atoms with E-state index in [2.05, 4.69) is 36.6 Å². The Morgan fingerprint density at radius 1 is 1.42 bits per heavy atom. The Hall–Kier alpha value is -1.35. The molecule has 0 saturated carbocycles. The number of rotatable bonds is 3. The molecular formula is C16H24N2O. The monoisotopic (exact) mass is 260 g/mol. The maximum absolute atomic E-state index is 12.3. The standard InChI is InChI=1S/C16H24N2O/c1-11-7-4-5-9-14(11)13(3)18-16(19)15-12(2)8-6-10-17-15/h4-5,7,9,12-13,15,17H,6,8,10H2,1-3H3,(H,18,19). The van der Waals surface area contributed by atoms with E-state index in [1.54, 1.807) is 0 Å². The maximum Gasteiger partial charge on any atom is 0.237 e. The predicted molar refractivity (Wildman–Crippen MR) is 77.9 cm³/mol. The fraction of sp³-hybridized carbons (Fsp3) is 0.562. The van der Waals surface area contributed by atoms with E-state index < -0.39 is 0 Å². The van der Waals surface area contributed by atoms with Gasteiger partial charge in [-0.2, -0.15) is 0 Å². The van der Waals surface area contributed by atoms with Gasteiger partial charge in [0.1, 0.15) is 0 Å². The van der Waals surface area contributed by atoms with Gasteiger partial charge in [-0.15, -0.1) is 0 Å². The summed E-state index contributed by atoms with van der Waals surface area (Å²) in [5.74, 6) is 0.542. The highest BCUT2D eigenvalue weighted by atomic mass is 16.2. The quantitative estimate of drug-likeness (QED) is 0.877. The van der Waals surface area contributed by atoms with Gasteiger partial charge < -0.3 is 10.6 Å². The molecule has 19 heavy (non-hydrogen) atoms. The Morgan fingerprint density at radius 2 is 2.16 bits per heavy atom. The van der Waals surface area contributed by atoms with Crippen LogP contribution in [-0.4, -0.2) is 18.5 Å². The van der Waals surface area contributed by atoms with Gasteiger partial charge in [0.15, 0.2) is 0 Å². The SMILES string of the molecule is Cc1ccccc1C(C)NC(=O)C1NCCCC1C. The lowest BCUT2D eigenvalue weighted by Gasteiger charge is -2.30. The summed E-state index contributed by atoms with van der Waals surface area (Å²) >= 11 is 0. The highest BCUT2D eigenvalue weighted by Gasteiger charge is 2.28. The summed E-state index contributed by atoms with van der Waals surface area (Å²) in [6, 6.07) is 8.23. The van der Waals surface area contributed by atoms with Gasteiger partial charge in [-0.05, 0) is 50.3 Å². The molecule has 1 fully saturated rings. The van der Waals surface area contributed by atoms with Crippen molar-refractivity contribution in [2.24, 2.45) is 5.92 Å². The van der Waals surface area contributed by atoms with Gasteiger partial charge in [0, 0.05) is 0 Å². The summed E-state index contributed by atoms with van der Waals surface area (Å²) in [5, 5.41) is 6.46. The first-order chi connectivity index (χ1) is 9.09. The van der Waals surface area contributed by atoms with Gasteiger partial charge in [0.2, 0.25) is 5.91 Å². The molecule has 2 N–H and O–H groups in total. The molecule has 3 heteroatoms. The average Bonchev–Trinajstić information content (AvgIpc) is 2.39. The molecule has 0 radical (unpaired) electrons. The number of nitrogens with one attached hydrogen (secondary N) is 2. The molecule has 3 atom stereocenters. The van der Waals surface area contributed by atoms with E-state index in [-0.39, 0.29) is 18.0 Å². The van der Waals surface area contributed by atoms with Gasteiger partial charge in [0.05, 0.1) is 12.1 Å². The van der Waals surface area contributed by atoms with E-state index in [0.29, 0.717) is 5.92 Å². The molecule has 1 aliphatic rings. The molecule has 0 aliphatic carbocycles. The lowest BCUT2D eigenvalue weighted by Crippen LogP contribution is -2.51. The molecule has 1 saturated heterocycles. The minimum atomic E-state index is -0.0415. The van der Waals surface area contributed by atoms with Crippen LogP contribution in [0.3, 0.4) is 0 Å². The number of amides is 1. The Labute approximate surface area is 115 Å². The third kappa shape index (κ3) is 3.35. The van der Waals surface area contributed by atoms with Crippen molar-refractivity contribution in [1.29, 1.82) is 0 Å². The minimum Gasteiger partial charge on any atom is -0.348 e. The van der Waals surface area contributed by atoms with Crippen LogP contribution in [0.15, 0.2) is 24.3 Å². The number of carbonyl (C=O) groups excluding carboxylic acids is 1. The van der Waals surface area contributed by atoms with Crippen LogP contribution < -0.4 is 10.6 Å². The van der Waals surface area contributed by atoms with Crippen LogP contribution in [0.1, 0.15) is 43.9 Å². The van der Waals surface area contributed by atoms with Crippen LogP contribution in [0.5, 0.6) is 0 Å². The van der Waals surface area contributed by atoms with Crippen LogP contribution >= 0.6 is 0 Å². The van der Waals surface area contributed by atoms with E-state index in [0.717, 1.165) is 19.4 Å². The molecular weight excluding hydrogens is 236 g/mol. The van der Waals surface area contributed by atoms with Gasteiger partial charge in [-0.25, -0.2) is 0 Å². The highest BCUT2D eigenvalue weighted by Crippen LogP contribution is 2.19. The minimum absolute atomic E-state index is 0.0415. The lowest BCUT2D eigenvalue weighted by atomic mass is 9.91. The van der Waals surface area contributed by atoms with Gasteiger partial charge in [0.25, 0.3) is 0 Å². The van der Waals surface area contributed by atoms with Gasteiger partial charge in [-0.3, -0.25) is 4.79 Å². The zero-order chi connectivity index (χ0) is 13.8. The van der Waals surface area contributed by atoms with Crippen LogP contribution in [0.2, 0.25) is 0 Å². The van der Waals surface area contributed by atoms with Crippen molar-refractivity contribution >= 4 is 5.91 Å². The first-order valence-electron chi connectivity index (χ1n) is 7.19. The first kappa shape index (κ1) is 14.1. The molecule has 0 spiro atoms. The Balaban J connectivity index is 2.00. The zero-order valence-corrected chi connectivity index (χ0v) is 12.1.